The molecule has 0 spiro atoms. The molecule has 2 fully saturated rings. The van der Waals surface area contributed by atoms with E-state index in [0.29, 0.717) is 0 Å². The summed E-state index contributed by atoms with van der Waals surface area (Å²) in [6.07, 6.45) is 8.74. The molecule has 1 N–H and O–H groups in total. The summed E-state index contributed by atoms with van der Waals surface area (Å²) in [5.74, 6) is 2.03. The van der Waals surface area contributed by atoms with Crippen LogP contribution >= 0.6 is 0 Å². The van der Waals surface area contributed by atoms with Gasteiger partial charge in [0.25, 0.3) is 0 Å². The molecule has 1 saturated heterocycles. The van der Waals surface area contributed by atoms with Crippen molar-refractivity contribution in [2.45, 2.75) is 58.4 Å². The molecule has 0 aromatic heterocycles. The lowest BCUT2D eigenvalue weighted by atomic mass is 9.81. The van der Waals surface area contributed by atoms with Crippen molar-refractivity contribution in [1.29, 1.82) is 0 Å². The van der Waals surface area contributed by atoms with E-state index in [-0.39, 0.29) is 0 Å². The number of hydrogen-bond acceptors (Lipinski definition) is 2. The Morgan fingerprint density at radius 1 is 1.12 bits per heavy atom. The molecule has 0 aromatic rings. The first-order chi connectivity index (χ1) is 8.28. The van der Waals surface area contributed by atoms with E-state index in [0.717, 1.165) is 24.4 Å². The SMILES string of the molecule is CCNC1CCN(CCC2CCC(C)CC2)C1. The fourth-order valence-electron chi connectivity index (χ4n) is 3.47. The number of nitrogens with one attached hydrogen (secondary N) is 1. The van der Waals surface area contributed by atoms with Gasteiger partial charge in [0.2, 0.25) is 0 Å². The van der Waals surface area contributed by atoms with Crippen LogP contribution in [0.25, 0.3) is 0 Å². The molecule has 17 heavy (non-hydrogen) atoms. The van der Waals surface area contributed by atoms with Crippen LogP contribution in [0.15, 0.2) is 0 Å². The predicted molar refractivity (Wildman–Crippen MR) is 74.3 cm³/mol. The molecule has 1 aliphatic heterocycles. The molecule has 0 aromatic carbocycles. The Morgan fingerprint density at radius 3 is 2.59 bits per heavy atom. The van der Waals surface area contributed by atoms with Crippen molar-refractivity contribution in [2.24, 2.45) is 11.8 Å². The Labute approximate surface area is 107 Å². The lowest BCUT2D eigenvalue weighted by Crippen LogP contribution is -2.33. The zero-order chi connectivity index (χ0) is 12.1. The minimum Gasteiger partial charge on any atom is -0.313 e. The van der Waals surface area contributed by atoms with E-state index in [2.05, 4.69) is 24.1 Å². The summed E-state index contributed by atoms with van der Waals surface area (Å²) in [5.41, 5.74) is 0. The van der Waals surface area contributed by atoms with Gasteiger partial charge in [-0.2, -0.15) is 0 Å². The van der Waals surface area contributed by atoms with Crippen molar-refractivity contribution < 1.29 is 0 Å². The largest absolute Gasteiger partial charge is 0.313 e. The molecule has 1 unspecified atom stereocenters. The Kier molecular flexibility index (Phi) is 5.30. The van der Waals surface area contributed by atoms with Gasteiger partial charge in [0.15, 0.2) is 0 Å². The van der Waals surface area contributed by atoms with Gasteiger partial charge in [-0.05, 0) is 44.3 Å². The zero-order valence-corrected chi connectivity index (χ0v) is 11.8. The van der Waals surface area contributed by atoms with E-state index in [1.165, 1.54) is 58.2 Å². The smallest absolute Gasteiger partial charge is 0.0207 e. The quantitative estimate of drug-likeness (QED) is 0.792. The van der Waals surface area contributed by atoms with E-state index >= 15 is 0 Å². The second-order valence-corrected chi connectivity index (χ2v) is 6.26. The van der Waals surface area contributed by atoms with Crippen molar-refractivity contribution in [3.8, 4) is 0 Å². The molecule has 2 nitrogen and oxygen atoms in total. The standard InChI is InChI=1S/C15H30N2/c1-3-16-15-9-11-17(12-15)10-8-14-6-4-13(2)5-7-14/h13-16H,3-12H2,1-2H3. The summed E-state index contributed by atoms with van der Waals surface area (Å²) in [6.45, 7) is 9.71. The van der Waals surface area contributed by atoms with Crippen LogP contribution < -0.4 is 5.32 Å². The predicted octanol–water partition coefficient (Wildman–Crippen LogP) is 2.89. The number of hydrogen-bond donors (Lipinski definition) is 1. The maximum atomic E-state index is 3.58. The van der Waals surface area contributed by atoms with Crippen LogP contribution in [0.1, 0.15) is 52.4 Å². The summed E-state index contributed by atoms with van der Waals surface area (Å²) >= 11 is 0. The van der Waals surface area contributed by atoms with Crippen LogP contribution in [0.2, 0.25) is 0 Å². The van der Waals surface area contributed by atoms with Gasteiger partial charge in [-0.3, -0.25) is 0 Å². The maximum Gasteiger partial charge on any atom is 0.0207 e. The van der Waals surface area contributed by atoms with Gasteiger partial charge in [-0.15, -0.1) is 0 Å². The van der Waals surface area contributed by atoms with Crippen molar-refractivity contribution in [3.63, 3.8) is 0 Å². The van der Waals surface area contributed by atoms with Gasteiger partial charge in [0, 0.05) is 12.6 Å². The van der Waals surface area contributed by atoms with Crippen molar-refractivity contribution in [3.05, 3.63) is 0 Å². The zero-order valence-electron chi connectivity index (χ0n) is 11.8. The van der Waals surface area contributed by atoms with Crippen LogP contribution in [-0.4, -0.2) is 37.1 Å². The topological polar surface area (TPSA) is 15.3 Å². The Morgan fingerprint density at radius 2 is 1.88 bits per heavy atom. The molecule has 1 saturated carbocycles. The molecule has 0 bridgehead atoms. The van der Waals surface area contributed by atoms with E-state index in [1.807, 2.05) is 0 Å². The van der Waals surface area contributed by atoms with E-state index in [4.69, 9.17) is 0 Å². The third-order valence-electron chi connectivity index (χ3n) is 4.75. The molecule has 1 atom stereocenters. The lowest BCUT2D eigenvalue weighted by Gasteiger charge is -2.27. The van der Waals surface area contributed by atoms with E-state index < -0.39 is 0 Å². The number of likely N-dealkylation sites (tertiary alicyclic amines) is 1. The van der Waals surface area contributed by atoms with Crippen molar-refractivity contribution in [2.75, 3.05) is 26.2 Å². The molecule has 1 aliphatic carbocycles. The third-order valence-corrected chi connectivity index (χ3v) is 4.75. The number of likely N-dealkylation sites (N-methyl/N-ethyl adjacent to an activating group) is 1. The second-order valence-electron chi connectivity index (χ2n) is 6.26. The average Bonchev–Trinajstić information content (AvgIpc) is 2.77. The minimum atomic E-state index is 0.770. The molecular weight excluding hydrogens is 208 g/mol. The maximum absolute atomic E-state index is 3.58. The van der Waals surface area contributed by atoms with Crippen LogP contribution in [0.5, 0.6) is 0 Å². The summed E-state index contributed by atoms with van der Waals surface area (Å²) in [7, 11) is 0. The monoisotopic (exact) mass is 238 g/mol. The van der Waals surface area contributed by atoms with Crippen LogP contribution in [-0.2, 0) is 0 Å². The van der Waals surface area contributed by atoms with Crippen LogP contribution in [0.3, 0.4) is 0 Å². The van der Waals surface area contributed by atoms with Crippen molar-refractivity contribution >= 4 is 0 Å². The highest BCUT2D eigenvalue weighted by atomic mass is 15.2. The molecule has 100 valence electrons. The molecule has 0 amide bonds. The normalized spacial score (nSPS) is 35.3. The van der Waals surface area contributed by atoms with Gasteiger partial charge in [-0.25, -0.2) is 0 Å². The second kappa shape index (κ2) is 6.75. The molecule has 2 aliphatic rings. The highest BCUT2D eigenvalue weighted by Gasteiger charge is 2.23. The first-order valence-electron chi connectivity index (χ1n) is 7.73. The summed E-state index contributed by atoms with van der Waals surface area (Å²) in [4.78, 5) is 2.67. The summed E-state index contributed by atoms with van der Waals surface area (Å²) < 4.78 is 0. The molecule has 2 heteroatoms. The van der Waals surface area contributed by atoms with Crippen LogP contribution in [0.4, 0.5) is 0 Å². The highest BCUT2D eigenvalue weighted by molar-refractivity contribution is 4.81. The third kappa shape index (κ3) is 4.26. The molecule has 0 radical (unpaired) electrons. The summed E-state index contributed by atoms with van der Waals surface area (Å²) in [6, 6.07) is 0.770. The Balaban J connectivity index is 1.59. The van der Waals surface area contributed by atoms with Gasteiger partial charge in [-0.1, -0.05) is 39.5 Å². The van der Waals surface area contributed by atoms with E-state index in [9.17, 15) is 0 Å². The van der Waals surface area contributed by atoms with Gasteiger partial charge >= 0.3 is 0 Å². The molecule has 1 heterocycles. The molecule has 2 rings (SSSR count). The van der Waals surface area contributed by atoms with Gasteiger partial charge < -0.3 is 10.2 Å². The van der Waals surface area contributed by atoms with Crippen LogP contribution in [0, 0.1) is 11.8 Å². The van der Waals surface area contributed by atoms with Gasteiger partial charge in [0.1, 0.15) is 0 Å². The fraction of sp³-hybridized carbons (Fsp3) is 1.00. The first-order valence-corrected chi connectivity index (χ1v) is 7.73. The molecular formula is C15H30N2. The first kappa shape index (κ1) is 13.4. The number of nitrogens with zero attached hydrogens (tertiary/aromatic N) is 1. The Bertz CT molecular complexity index is 209. The fourth-order valence-corrected chi connectivity index (χ4v) is 3.47. The lowest BCUT2D eigenvalue weighted by molar-refractivity contribution is 0.236. The summed E-state index contributed by atoms with van der Waals surface area (Å²) in [5, 5.41) is 3.58. The average molecular weight is 238 g/mol. The highest BCUT2D eigenvalue weighted by Crippen LogP contribution is 2.30. The Hall–Kier alpha value is -0.0800. The van der Waals surface area contributed by atoms with E-state index in [1.54, 1.807) is 0 Å². The van der Waals surface area contributed by atoms with Crippen molar-refractivity contribution in [1.82, 2.24) is 10.2 Å². The van der Waals surface area contributed by atoms with Gasteiger partial charge in [0.05, 0.1) is 0 Å². The number of rotatable bonds is 5. The minimum absolute atomic E-state index is 0.770.